The van der Waals surface area contributed by atoms with Gasteiger partial charge in [-0.25, -0.2) is 4.79 Å². The van der Waals surface area contributed by atoms with Gasteiger partial charge in [0.15, 0.2) is 6.61 Å². The lowest BCUT2D eigenvalue weighted by Gasteiger charge is -2.12. The van der Waals surface area contributed by atoms with Crippen LogP contribution in [0.3, 0.4) is 0 Å². The van der Waals surface area contributed by atoms with E-state index in [0.29, 0.717) is 17.0 Å². The predicted octanol–water partition coefficient (Wildman–Crippen LogP) is 3.13. The number of carbonyl (C=O) groups is 4. The Hall–Kier alpha value is -3.59. The zero-order valence-electron chi connectivity index (χ0n) is 16.0. The molecule has 30 heavy (non-hydrogen) atoms. The molecular weight excluding hydrogens is 408 g/mol. The molecule has 0 radical (unpaired) electrons. The quantitative estimate of drug-likeness (QED) is 0.654. The van der Waals surface area contributed by atoms with Crippen molar-refractivity contribution in [1.29, 1.82) is 0 Å². The first-order valence-electron chi connectivity index (χ1n) is 8.88. The van der Waals surface area contributed by atoms with E-state index in [4.69, 9.17) is 9.84 Å². The van der Waals surface area contributed by atoms with E-state index in [1.54, 1.807) is 36.4 Å². The second kappa shape index (κ2) is 9.27. The van der Waals surface area contributed by atoms with Crippen LogP contribution in [0.2, 0.25) is 0 Å². The van der Waals surface area contributed by atoms with Crippen LogP contribution in [0.15, 0.2) is 53.4 Å². The van der Waals surface area contributed by atoms with E-state index >= 15 is 0 Å². The van der Waals surface area contributed by atoms with Gasteiger partial charge in [-0.15, -0.1) is 0 Å². The summed E-state index contributed by atoms with van der Waals surface area (Å²) in [7, 11) is 0. The fourth-order valence-electron chi connectivity index (χ4n) is 2.57. The zero-order chi connectivity index (χ0) is 21.7. The van der Waals surface area contributed by atoms with Crippen LogP contribution in [-0.4, -0.2) is 46.2 Å². The summed E-state index contributed by atoms with van der Waals surface area (Å²) >= 11 is 0.755. The molecular formula is C21H18N2O6S. The fourth-order valence-corrected chi connectivity index (χ4v) is 3.41. The van der Waals surface area contributed by atoms with Gasteiger partial charge >= 0.3 is 5.97 Å². The van der Waals surface area contributed by atoms with Crippen molar-refractivity contribution in [3.63, 3.8) is 0 Å². The van der Waals surface area contributed by atoms with Crippen molar-refractivity contribution < 1.29 is 29.0 Å². The monoisotopic (exact) mass is 426 g/mol. The van der Waals surface area contributed by atoms with Gasteiger partial charge in [0.05, 0.1) is 4.91 Å². The molecule has 2 aromatic carbocycles. The number of nitrogens with one attached hydrogen (secondary N) is 1. The number of ether oxygens (including phenoxy) is 1. The van der Waals surface area contributed by atoms with Crippen LogP contribution in [0.4, 0.5) is 10.5 Å². The van der Waals surface area contributed by atoms with Crippen LogP contribution >= 0.6 is 11.8 Å². The molecule has 3 amide bonds. The van der Waals surface area contributed by atoms with Crippen molar-refractivity contribution in [2.45, 2.75) is 6.92 Å². The Bertz CT molecular complexity index is 1010. The van der Waals surface area contributed by atoms with E-state index in [1.165, 1.54) is 6.08 Å². The molecule has 1 fully saturated rings. The summed E-state index contributed by atoms with van der Waals surface area (Å²) in [6.45, 7) is 1.09. The van der Waals surface area contributed by atoms with E-state index in [9.17, 15) is 19.2 Å². The molecule has 0 aliphatic carbocycles. The Morgan fingerprint density at radius 2 is 1.77 bits per heavy atom. The first-order valence-corrected chi connectivity index (χ1v) is 9.70. The van der Waals surface area contributed by atoms with E-state index in [-0.39, 0.29) is 11.4 Å². The summed E-state index contributed by atoms with van der Waals surface area (Å²) in [5.74, 6) is -1.73. The van der Waals surface area contributed by atoms with Crippen molar-refractivity contribution in [1.82, 2.24) is 4.90 Å². The maximum absolute atomic E-state index is 12.5. The Kier molecular flexibility index (Phi) is 6.53. The highest BCUT2D eigenvalue weighted by molar-refractivity contribution is 8.18. The number of aryl methyl sites for hydroxylation is 1. The molecule has 9 heteroatoms. The standard InChI is InChI=1S/C21H18N2O6S/c1-13-2-6-15(7-3-13)22-18(24)11-23-20(27)17(30-21(23)28)10-14-4-8-16(9-5-14)29-12-19(25)26/h2-10H,11-12H2,1H3,(H,22,24)(H,25,26)/b17-10-. The number of carbonyl (C=O) groups excluding carboxylic acids is 3. The number of hydrogen-bond donors (Lipinski definition) is 2. The molecule has 2 aromatic rings. The van der Waals surface area contributed by atoms with Gasteiger partial charge in [0.1, 0.15) is 12.3 Å². The molecule has 0 spiro atoms. The van der Waals surface area contributed by atoms with Gasteiger partial charge in [-0.05, 0) is 54.6 Å². The highest BCUT2D eigenvalue weighted by Crippen LogP contribution is 2.32. The lowest BCUT2D eigenvalue weighted by molar-refractivity contribution is -0.139. The molecule has 1 aliphatic rings. The van der Waals surface area contributed by atoms with Gasteiger partial charge in [-0.1, -0.05) is 29.8 Å². The fraction of sp³-hybridized carbons (Fsp3) is 0.143. The molecule has 1 saturated heterocycles. The largest absolute Gasteiger partial charge is 0.482 e. The number of imide groups is 1. The van der Waals surface area contributed by atoms with Gasteiger partial charge in [0.2, 0.25) is 5.91 Å². The van der Waals surface area contributed by atoms with E-state index in [1.807, 2.05) is 19.1 Å². The van der Waals surface area contributed by atoms with Crippen LogP contribution < -0.4 is 10.1 Å². The van der Waals surface area contributed by atoms with Gasteiger partial charge in [-0.3, -0.25) is 19.3 Å². The number of nitrogens with zero attached hydrogens (tertiary/aromatic N) is 1. The summed E-state index contributed by atoms with van der Waals surface area (Å²) in [5, 5.41) is 10.8. The Morgan fingerprint density at radius 3 is 2.40 bits per heavy atom. The summed E-state index contributed by atoms with van der Waals surface area (Å²) < 4.78 is 5.05. The minimum absolute atomic E-state index is 0.197. The third-order valence-electron chi connectivity index (χ3n) is 4.05. The predicted molar refractivity (Wildman–Crippen MR) is 112 cm³/mol. The van der Waals surface area contributed by atoms with E-state index in [2.05, 4.69) is 5.32 Å². The number of amides is 3. The lowest BCUT2D eigenvalue weighted by Crippen LogP contribution is -2.36. The van der Waals surface area contributed by atoms with Crippen molar-refractivity contribution in [3.05, 3.63) is 64.6 Å². The van der Waals surface area contributed by atoms with Gasteiger partial charge in [0, 0.05) is 5.69 Å². The lowest BCUT2D eigenvalue weighted by atomic mass is 10.2. The first-order chi connectivity index (χ1) is 14.3. The molecule has 8 nitrogen and oxygen atoms in total. The Morgan fingerprint density at radius 1 is 1.10 bits per heavy atom. The Labute approximate surface area is 176 Å². The molecule has 1 aliphatic heterocycles. The number of hydrogen-bond acceptors (Lipinski definition) is 6. The first kappa shape index (κ1) is 21.1. The number of carboxylic acid groups (broad SMARTS) is 1. The van der Waals surface area contributed by atoms with Crippen molar-refractivity contribution >= 4 is 46.5 Å². The molecule has 0 aromatic heterocycles. The van der Waals surface area contributed by atoms with Crippen LogP contribution in [0, 0.1) is 6.92 Å². The molecule has 3 rings (SSSR count). The summed E-state index contributed by atoms with van der Waals surface area (Å²) in [6.07, 6.45) is 1.53. The average Bonchev–Trinajstić information content (AvgIpc) is 2.96. The van der Waals surface area contributed by atoms with E-state index < -0.39 is 29.6 Å². The third-order valence-corrected chi connectivity index (χ3v) is 4.96. The average molecular weight is 426 g/mol. The smallest absolute Gasteiger partial charge is 0.341 e. The van der Waals surface area contributed by atoms with Crippen LogP contribution in [0.1, 0.15) is 11.1 Å². The molecule has 2 N–H and O–H groups in total. The van der Waals surface area contributed by atoms with Crippen LogP contribution in [-0.2, 0) is 14.4 Å². The highest BCUT2D eigenvalue weighted by atomic mass is 32.2. The van der Waals surface area contributed by atoms with Crippen molar-refractivity contribution in [2.75, 3.05) is 18.5 Å². The topological polar surface area (TPSA) is 113 Å². The maximum atomic E-state index is 12.5. The molecule has 0 unspecified atom stereocenters. The minimum Gasteiger partial charge on any atom is -0.482 e. The minimum atomic E-state index is -1.08. The second-order valence-electron chi connectivity index (χ2n) is 6.43. The number of benzene rings is 2. The van der Waals surface area contributed by atoms with Gasteiger partial charge in [-0.2, -0.15) is 0 Å². The Balaban J connectivity index is 1.62. The van der Waals surface area contributed by atoms with Gasteiger partial charge in [0.25, 0.3) is 11.1 Å². The van der Waals surface area contributed by atoms with Gasteiger partial charge < -0.3 is 15.2 Å². The number of rotatable bonds is 7. The second-order valence-corrected chi connectivity index (χ2v) is 7.43. The SMILES string of the molecule is Cc1ccc(NC(=O)CN2C(=O)S/C(=C\c3ccc(OCC(=O)O)cc3)C2=O)cc1. The summed E-state index contributed by atoms with van der Waals surface area (Å²) in [5.41, 5.74) is 2.26. The highest BCUT2D eigenvalue weighted by Gasteiger charge is 2.36. The summed E-state index contributed by atoms with van der Waals surface area (Å²) in [4.78, 5) is 48.6. The number of thioether (sulfide) groups is 1. The van der Waals surface area contributed by atoms with Crippen molar-refractivity contribution in [3.8, 4) is 5.75 Å². The van der Waals surface area contributed by atoms with Crippen LogP contribution in [0.5, 0.6) is 5.75 Å². The maximum Gasteiger partial charge on any atom is 0.341 e. The number of carboxylic acids is 1. The molecule has 0 atom stereocenters. The van der Waals surface area contributed by atoms with E-state index in [0.717, 1.165) is 22.2 Å². The van der Waals surface area contributed by atoms with Crippen molar-refractivity contribution in [2.24, 2.45) is 0 Å². The third kappa shape index (κ3) is 5.48. The number of aliphatic carboxylic acids is 1. The van der Waals surface area contributed by atoms with Crippen LogP contribution in [0.25, 0.3) is 6.08 Å². The molecule has 0 bridgehead atoms. The normalized spacial score (nSPS) is 14.8. The molecule has 154 valence electrons. The number of anilines is 1. The zero-order valence-corrected chi connectivity index (χ0v) is 16.8. The molecule has 1 heterocycles. The molecule has 0 saturated carbocycles. The summed E-state index contributed by atoms with van der Waals surface area (Å²) in [6, 6.07) is 13.6.